The second kappa shape index (κ2) is 3.15. The Hall–Kier alpha value is -1.82. The third-order valence-electron chi connectivity index (χ3n) is 2.40. The summed E-state index contributed by atoms with van der Waals surface area (Å²) in [5.74, 6) is -0.387. The molecule has 0 saturated carbocycles. The number of carbonyl (C=O) groups excluding carboxylic acids is 1. The van der Waals surface area contributed by atoms with Gasteiger partial charge in [0.25, 0.3) is 0 Å². The number of hydrogen-bond acceptors (Lipinski definition) is 3. The maximum Gasteiger partial charge on any atom is 0.340 e. The van der Waals surface area contributed by atoms with E-state index >= 15 is 0 Å². The first kappa shape index (κ1) is 8.76. The van der Waals surface area contributed by atoms with Crippen LogP contribution in [0.15, 0.2) is 18.2 Å². The molecule has 1 unspecified atom stereocenters. The lowest BCUT2D eigenvalue weighted by molar-refractivity contribution is 0.0477. The van der Waals surface area contributed by atoms with Crippen molar-refractivity contribution in [1.29, 1.82) is 5.26 Å². The Bertz CT molecular complexity index is 431. The Morgan fingerprint density at radius 3 is 3.00 bits per heavy atom. The topological polar surface area (TPSA) is 50.1 Å². The number of fused-ring (bicyclic) bond motifs is 1. The first-order valence-electron chi connectivity index (χ1n) is 4.50. The highest BCUT2D eigenvalue weighted by atomic mass is 16.5. The third-order valence-corrected chi connectivity index (χ3v) is 2.40. The molecule has 0 spiro atoms. The van der Waals surface area contributed by atoms with Gasteiger partial charge in [0, 0.05) is 5.56 Å². The average Bonchev–Trinajstić information content (AvgIpc) is 2.56. The molecule has 0 N–H and O–H groups in total. The van der Waals surface area contributed by atoms with E-state index in [2.05, 4.69) is 0 Å². The van der Waals surface area contributed by atoms with E-state index in [0.717, 1.165) is 17.5 Å². The normalized spacial score (nSPS) is 18.6. The van der Waals surface area contributed by atoms with Crippen molar-refractivity contribution in [2.75, 3.05) is 0 Å². The van der Waals surface area contributed by atoms with Gasteiger partial charge in [0.15, 0.2) is 0 Å². The Labute approximate surface area is 81.9 Å². The molecule has 0 radical (unpaired) electrons. The minimum atomic E-state index is -0.714. The van der Waals surface area contributed by atoms with Gasteiger partial charge in [0.2, 0.25) is 6.10 Å². The molecule has 2 rings (SSSR count). The fourth-order valence-corrected chi connectivity index (χ4v) is 1.73. The van der Waals surface area contributed by atoms with Crippen molar-refractivity contribution < 1.29 is 9.53 Å². The van der Waals surface area contributed by atoms with E-state index < -0.39 is 6.10 Å². The van der Waals surface area contributed by atoms with Crippen LogP contribution >= 0.6 is 0 Å². The fraction of sp³-hybridized carbons (Fsp3) is 0.273. The smallest absolute Gasteiger partial charge is 0.340 e. The average molecular weight is 187 g/mol. The second-order valence-electron chi connectivity index (χ2n) is 3.15. The molecule has 14 heavy (non-hydrogen) atoms. The number of cyclic esters (lactones) is 1. The van der Waals surface area contributed by atoms with Crippen LogP contribution in [0, 0.1) is 11.3 Å². The van der Waals surface area contributed by atoms with Crippen molar-refractivity contribution in [3.8, 4) is 6.07 Å². The zero-order valence-electron chi connectivity index (χ0n) is 7.78. The number of esters is 1. The van der Waals surface area contributed by atoms with Crippen molar-refractivity contribution in [1.82, 2.24) is 0 Å². The molecule has 1 aliphatic heterocycles. The van der Waals surface area contributed by atoms with E-state index in [-0.39, 0.29) is 5.97 Å². The molecule has 0 amide bonds. The van der Waals surface area contributed by atoms with Crippen LogP contribution in [-0.2, 0) is 11.2 Å². The van der Waals surface area contributed by atoms with Crippen molar-refractivity contribution in [3.05, 3.63) is 34.9 Å². The molecular weight excluding hydrogens is 178 g/mol. The molecule has 1 heterocycles. The minimum absolute atomic E-state index is 0.387. The molecule has 1 aliphatic rings. The molecule has 0 saturated heterocycles. The van der Waals surface area contributed by atoms with Crippen molar-refractivity contribution in [3.63, 3.8) is 0 Å². The Balaban J connectivity index is 2.63. The van der Waals surface area contributed by atoms with Crippen LogP contribution in [0.25, 0.3) is 0 Å². The predicted molar refractivity (Wildman–Crippen MR) is 49.6 cm³/mol. The predicted octanol–water partition coefficient (Wildman–Crippen LogP) is 1.98. The van der Waals surface area contributed by atoms with E-state index in [9.17, 15) is 4.79 Å². The largest absolute Gasteiger partial charge is 0.438 e. The van der Waals surface area contributed by atoms with Gasteiger partial charge >= 0.3 is 5.97 Å². The van der Waals surface area contributed by atoms with Gasteiger partial charge in [0.05, 0.1) is 5.56 Å². The van der Waals surface area contributed by atoms with E-state index in [4.69, 9.17) is 10.00 Å². The van der Waals surface area contributed by atoms with Crippen LogP contribution in [-0.4, -0.2) is 5.97 Å². The second-order valence-corrected chi connectivity index (χ2v) is 3.15. The van der Waals surface area contributed by atoms with Gasteiger partial charge in [-0.05, 0) is 18.1 Å². The SMILES string of the molecule is CCc1cccc2c1C(C#N)OC2=O. The fourth-order valence-electron chi connectivity index (χ4n) is 1.73. The minimum Gasteiger partial charge on any atom is -0.438 e. The number of carbonyl (C=O) groups is 1. The number of ether oxygens (including phenoxy) is 1. The number of nitriles is 1. The summed E-state index contributed by atoms with van der Waals surface area (Å²) in [6, 6.07) is 7.42. The zero-order valence-corrected chi connectivity index (χ0v) is 7.78. The van der Waals surface area contributed by atoms with Crippen molar-refractivity contribution >= 4 is 5.97 Å². The molecule has 1 aromatic carbocycles. The lowest BCUT2D eigenvalue weighted by Gasteiger charge is -2.05. The first-order chi connectivity index (χ1) is 6.77. The lowest BCUT2D eigenvalue weighted by atomic mass is 9.97. The summed E-state index contributed by atoms with van der Waals surface area (Å²) in [4.78, 5) is 11.3. The molecule has 70 valence electrons. The number of aryl methyl sites for hydroxylation is 1. The maximum atomic E-state index is 11.3. The van der Waals surface area contributed by atoms with Gasteiger partial charge in [-0.25, -0.2) is 4.79 Å². The van der Waals surface area contributed by atoms with Gasteiger partial charge in [0.1, 0.15) is 6.07 Å². The van der Waals surface area contributed by atoms with E-state index in [1.807, 2.05) is 25.1 Å². The summed E-state index contributed by atoms with van der Waals surface area (Å²) in [6.45, 7) is 1.99. The monoisotopic (exact) mass is 187 g/mol. The lowest BCUT2D eigenvalue weighted by Crippen LogP contribution is -1.96. The highest BCUT2D eigenvalue weighted by Gasteiger charge is 2.32. The van der Waals surface area contributed by atoms with E-state index in [1.54, 1.807) is 6.07 Å². The molecule has 0 fully saturated rings. The standard InChI is InChI=1S/C11H9NO2/c1-2-7-4-3-5-8-10(7)9(6-12)14-11(8)13/h3-5,9H,2H2,1H3. The van der Waals surface area contributed by atoms with E-state index in [0.29, 0.717) is 5.56 Å². The molecule has 0 aliphatic carbocycles. The Kier molecular flexibility index (Phi) is 1.97. The molecule has 1 aromatic rings. The van der Waals surface area contributed by atoms with Crippen LogP contribution in [0.1, 0.15) is 34.5 Å². The maximum absolute atomic E-state index is 11.3. The summed E-state index contributed by atoms with van der Waals surface area (Å²) in [5, 5.41) is 8.82. The summed E-state index contributed by atoms with van der Waals surface area (Å²) in [5.41, 5.74) is 2.30. The quantitative estimate of drug-likeness (QED) is 0.631. The van der Waals surface area contributed by atoms with Gasteiger partial charge in [-0.15, -0.1) is 0 Å². The summed E-state index contributed by atoms with van der Waals surface area (Å²) in [6.07, 6.45) is 0.0894. The van der Waals surface area contributed by atoms with Crippen LogP contribution in [0.2, 0.25) is 0 Å². The van der Waals surface area contributed by atoms with Crippen LogP contribution < -0.4 is 0 Å². The highest BCUT2D eigenvalue weighted by Crippen LogP contribution is 2.32. The van der Waals surface area contributed by atoms with Crippen LogP contribution in [0.3, 0.4) is 0 Å². The Morgan fingerprint density at radius 2 is 2.36 bits per heavy atom. The van der Waals surface area contributed by atoms with Crippen molar-refractivity contribution in [2.45, 2.75) is 19.4 Å². The Morgan fingerprint density at radius 1 is 1.57 bits per heavy atom. The summed E-state index contributed by atoms with van der Waals surface area (Å²) in [7, 11) is 0. The first-order valence-corrected chi connectivity index (χ1v) is 4.50. The van der Waals surface area contributed by atoms with Gasteiger partial charge in [-0.2, -0.15) is 5.26 Å². The molecule has 1 atom stereocenters. The van der Waals surface area contributed by atoms with Gasteiger partial charge in [-0.1, -0.05) is 19.1 Å². The number of benzene rings is 1. The molecule has 0 aromatic heterocycles. The molecule has 0 bridgehead atoms. The zero-order chi connectivity index (χ0) is 10.1. The highest BCUT2D eigenvalue weighted by molar-refractivity contribution is 5.94. The number of hydrogen-bond donors (Lipinski definition) is 0. The third kappa shape index (κ3) is 1.08. The van der Waals surface area contributed by atoms with E-state index in [1.165, 1.54) is 0 Å². The van der Waals surface area contributed by atoms with Crippen LogP contribution in [0.5, 0.6) is 0 Å². The number of nitrogens with zero attached hydrogens (tertiary/aromatic N) is 1. The number of rotatable bonds is 1. The van der Waals surface area contributed by atoms with Gasteiger partial charge in [-0.3, -0.25) is 0 Å². The van der Waals surface area contributed by atoms with Gasteiger partial charge < -0.3 is 4.74 Å². The van der Waals surface area contributed by atoms with Crippen molar-refractivity contribution in [2.24, 2.45) is 0 Å². The summed E-state index contributed by atoms with van der Waals surface area (Å²) < 4.78 is 4.92. The molecular formula is C11H9NO2. The molecule has 3 heteroatoms. The van der Waals surface area contributed by atoms with Crippen LogP contribution in [0.4, 0.5) is 0 Å². The molecule has 3 nitrogen and oxygen atoms in total. The summed E-state index contributed by atoms with van der Waals surface area (Å²) >= 11 is 0.